The first-order chi connectivity index (χ1) is 16.1. The minimum Gasteiger partial charge on any atom is -0.459 e. The van der Waals surface area contributed by atoms with E-state index in [0.29, 0.717) is 12.3 Å². The monoisotopic (exact) mass is 481 g/mol. The molecule has 0 rings (SSSR count). The highest BCUT2D eigenvalue weighted by molar-refractivity contribution is 5.69. The summed E-state index contributed by atoms with van der Waals surface area (Å²) in [4.78, 5) is 13.1. The molecule has 0 amide bonds. The Bertz CT molecular complexity index is 441. The molecule has 0 bridgehead atoms. The molecule has 0 aliphatic rings. The summed E-state index contributed by atoms with van der Waals surface area (Å²) in [6.07, 6.45) is 27.8. The Morgan fingerprint density at radius 1 is 0.706 bits per heavy atom. The summed E-state index contributed by atoms with van der Waals surface area (Å²) in [6, 6.07) is 0. The third-order valence-corrected chi connectivity index (χ3v) is 7.32. The molecule has 3 heteroatoms. The number of unbranched alkanes of at least 4 members (excludes halogenated alkanes) is 12. The van der Waals surface area contributed by atoms with Crippen molar-refractivity contribution in [2.24, 2.45) is 5.92 Å². The molecule has 0 heterocycles. The molecule has 0 aliphatic carbocycles. The zero-order valence-corrected chi connectivity index (χ0v) is 23.9. The lowest BCUT2D eigenvalue weighted by Crippen LogP contribution is -2.43. The van der Waals surface area contributed by atoms with Crippen molar-refractivity contribution in [3.05, 3.63) is 12.7 Å². The summed E-state index contributed by atoms with van der Waals surface area (Å²) in [5.74, 6) is 0.602. The SMILES string of the molecule is C=CCCCCCCCCC(=O)OC(CCCC)(CCCC)C(CCCC)CCCCCC.N. The van der Waals surface area contributed by atoms with E-state index in [9.17, 15) is 4.79 Å². The molecular weight excluding hydrogens is 418 g/mol. The van der Waals surface area contributed by atoms with E-state index in [1.54, 1.807) is 0 Å². The average molecular weight is 482 g/mol. The minimum absolute atomic E-state index is 0. The van der Waals surface area contributed by atoms with Crippen molar-refractivity contribution >= 4 is 5.97 Å². The number of hydrogen-bond acceptors (Lipinski definition) is 3. The molecule has 1 atom stereocenters. The lowest BCUT2D eigenvalue weighted by atomic mass is 9.74. The summed E-state index contributed by atoms with van der Waals surface area (Å²) < 4.78 is 6.57. The van der Waals surface area contributed by atoms with Crippen molar-refractivity contribution in [3.63, 3.8) is 0 Å². The fourth-order valence-corrected chi connectivity index (χ4v) is 5.15. The first-order valence-electron chi connectivity index (χ1n) is 14.9. The van der Waals surface area contributed by atoms with Gasteiger partial charge in [-0.15, -0.1) is 6.58 Å². The molecule has 0 saturated carbocycles. The molecule has 34 heavy (non-hydrogen) atoms. The molecule has 0 aliphatic heterocycles. The number of ether oxygens (including phenoxy) is 1. The van der Waals surface area contributed by atoms with Crippen LogP contribution in [0.2, 0.25) is 0 Å². The van der Waals surface area contributed by atoms with Crippen LogP contribution in [0.15, 0.2) is 12.7 Å². The molecule has 1 unspecified atom stereocenters. The topological polar surface area (TPSA) is 61.3 Å². The Labute approximate surface area is 214 Å². The van der Waals surface area contributed by atoms with E-state index in [2.05, 4.69) is 34.3 Å². The quantitative estimate of drug-likeness (QED) is 0.0801. The Morgan fingerprint density at radius 3 is 1.76 bits per heavy atom. The zero-order valence-electron chi connectivity index (χ0n) is 23.9. The maximum atomic E-state index is 13.1. The van der Waals surface area contributed by atoms with Crippen LogP contribution in [0.25, 0.3) is 0 Å². The smallest absolute Gasteiger partial charge is 0.306 e. The van der Waals surface area contributed by atoms with Crippen LogP contribution in [0, 0.1) is 5.92 Å². The standard InChI is InChI=1S/C31H60O2.H3N/c1-6-11-16-18-19-20-21-23-26-30(32)33-31(27-14-9-4,28-15-10-5)29(24-13-8-3)25-22-17-12-7-2;/h6,29H,1,7-28H2,2-5H3;1H3. The summed E-state index contributed by atoms with van der Waals surface area (Å²) in [6.45, 7) is 12.9. The summed E-state index contributed by atoms with van der Waals surface area (Å²) >= 11 is 0. The first-order valence-corrected chi connectivity index (χ1v) is 14.9. The van der Waals surface area contributed by atoms with E-state index in [1.807, 2.05) is 6.08 Å². The van der Waals surface area contributed by atoms with Gasteiger partial charge in [-0.25, -0.2) is 0 Å². The minimum atomic E-state index is -0.227. The first kappa shape index (κ1) is 35.3. The number of rotatable bonds is 25. The van der Waals surface area contributed by atoms with Crippen molar-refractivity contribution in [3.8, 4) is 0 Å². The Morgan fingerprint density at radius 2 is 1.21 bits per heavy atom. The Balaban J connectivity index is 0. The molecule has 204 valence electrons. The predicted octanol–water partition coefficient (Wildman–Crippen LogP) is 10.9. The summed E-state index contributed by atoms with van der Waals surface area (Å²) in [7, 11) is 0. The van der Waals surface area contributed by atoms with Gasteiger partial charge in [0.05, 0.1) is 0 Å². The van der Waals surface area contributed by atoms with E-state index in [1.165, 1.54) is 103 Å². The highest BCUT2D eigenvalue weighted by Crippen LogP contribution is 2.40. The van der Waals surface area contributed by atoms with Crippen LogP contribution < -0.4 is 6.15 Å². The number of hydrogen-bond donors (Lipinski definition) is 1. The molecule has 0 fully saturated rings. The van der Waals surface area contributed by atoms with Crippen LogP contribution in [0.3, 0.4) is 0 Å². The van der Waals surface area contributed by atoms with Gasteiger partial charge < -0.3 is 10.9 Å². The van der Waals surface area contributed by atoms with E-state index < -0.39 is 0 Å². The maximum Gasteiger partial charge on any atom is 0.306 e. The lowest BCUT2D eigenvalue weighted by molar-refractivity contribution is -0.170. The van der Waals surface area contributed by atoms with Crippen LogP contribution in [0.4, 0.5) is 0 Å². The van der Waals surface area contributed by atoms with Gasteiger partial charge in [0.15, 0.2) is 0 Å². The lowest BCUT2D eigenvalue weighted by Gasteiger charge is -2.41. The second-order valence-electron chi connectivity index (χ2n) is 10.4. The van der Waals surface area contributed by atoms with Crippen molar-refractivity contribution in [2.75, 3.05) is 0 Å². The van der Waals surface area contributed by atoms with E-state index in [0.717, 1.165) is 32.1 Å². The Kier molecular flexibility index (Phi) is 26.3. The molecular formula is C31H63NO2. The van der Waals surface area contributed by atoms with Gasteiger partial charge in [-0.3, -0.25) is 4.79 Å². The van der Waals surface area contributed by atoms with Crippen LogP contribution in [0.5, 0.6) is 0 Å². The molecule has 0 aromatic heterocycles. The third-order valence-electron chi connectivity index (χ3n) is 7.32. The zero-order chi connectivity index (χ0) is 24.6. The van der Waals surface area contributed by atoms with Crippen LogP contribution >= 0.6 is 0 Å². The van der Waals surface area contributed by atoms with Crippen molar-refractivity contribution in [2.45, 2.75) is 175 Å². The third kappa shape index (κ3) is 17.6. The second-order valence-corrected chi connectivity index (χ2v) is 10.4. The van der Waals surface area contributed by atoms with E-state index in [-0.39, 0.29) is 17.7 Å². The van der Waals surface area contributed by atoms with Crippen LogP contribution in [0.1, 0.15) is 169 Å². The molecule has 3 nitrogen and oxygen atoms in total. The molecule has 0 aromatic carbocycles. The average Bonchev–Trinajstić information content (AvgIpc) is 2.82. The predicted molar refractivity (Wildman–Crippen MR) is 152 cm³/mol. The van der Waals surface area contributed by atoms with Gasteiger partial charge in [-0.1, -0.05) is 111 Å². The number of allylic oxidation sites excluding steroid dienone is 1. The van der Waals surface area contributed by atoms with E-state index in [4.69, 9.17) is 4.74 Å². The summed E-state index contributed by atoms with van der Waals surface area (Å²) in [5.41, 5.74) is -0.227. The van der Waals surface area contributed by atoms with E-state index >= 15 is 0 Å². The van der Waals surface area contributed by atoms with Crippen molar-refractivity contribution < 1.29 is 9.53 Å². The maximum absolute atomic E-state index is 13.1. The van der Waals surface area contributed by atoms with Gasteiger partial charge in [0.1, 0.15) is 5.60 Å². The molecule has 0 radical (unpaired) electrons. The van der Waals surface area contributed by atoms with Gasteiger partial charge >= 0.3 is 5.97 Å². The number of carbonyl (C=O) groups is 1. The summed E-state index contributed by atoms with van der Waals surface area (Å²) in [5, 5.41) is 0. The Hall–Kier alpha value is -0.830. The van der Waals surface area contributed by atoms with Crippen molar-refractivity contribution in [1.82, 2.24) is 6.15 Å². The fourth-order valence-electron chi connectivity index (χ4n) is 5.15. The molecule has 3 N–H and O–H groups in total. The second kappa shape index (κ2) is 25.3. The van der Waals surface area contributed by atoms with Crippen LogP contribution in [-0.4, -0.2) is 11.6 Å². The number of carbonyl (C=O) groups excluding carboxylic acids is 1. The van der Waals surface area contributed by atoms with Crippen molar-refractivity contribution in [1.29, 1.82) is 0 Å². The fraction of sp³-hybridized carbons (Fsp3) is 0.903. The van der Waals surface area contributed by atoms with Gasteiger partial charge in [-0.2, -0.15) is 0 Å². The normalized spacial score (nSPS) is 12.2. The largest absolute Gasteiger partial charge is 0.459 e. The molecule has 0 aromatic rings. The van der Waals surface area contributed by atoms with Gasteiger partial charge in [0, 0.05) is 6.42 Å². The van der Waals surface area contributed by atoms with Crippen LogP contribution in [-0.2, 0) is 9.53 Å². The highest BCUT2D eigenvalue weighted by atomic mass is 16.6. The van der Waals surface area contributed by atoms with Gasteiger partial charge in [0.25, 0.3) is 0 Å². The highest BCUT2D eigenvalue weighted by Gasteiger charge is 2.40. The van der Waals surface area contributed by atoms with Gasteiger partial charge in [0.2, 0.25) is 0 Å². The number of esters is 1. The molecule has 0 saturated heterocycles. The van der Waals surface area contributed by atoms with Gasteiger partial charge in [-0.05, 0) is 63.7 Å². The molecule has 0 spiro atoms.